The summed E-state index contributed by atoms with van der Waals surface area (Å²) >= 11 is 1.90. The first-order chi connectivity index (χ1) is 9.63. The second kappa shape index (κ2) is 7.95. The smallest absolute Gasteiger partial charge is 0.0375 e. The quantitative estimate of drug-likeness (QED) is 0.742. The van der Waals surface area contributed by atoms with Crippen LogP contribution in [0, 0.1) is 6.92 Å². The van der Waals surface area contributed by atoms with Crippen molar-refractivity contribution in [3.63, 3.8) is 0 Å². The Bertz CT molecular complexity index is 406. The summed E-state index contributed by atoms with van der Waals surface area (Å²) in [5, 5.41) is 1.88. The van der Waals surface area contributed by atoms with E-state index in [9.17, 15) is 0 Å². The van der Waals surface area contributed by atoms with Crippen LogP contribution in [0.25, 0.3) is 0 Å². The number of aromatic nitrogens is 1. The molecule has 20 heavy (non-hydrogen) atoms. The number of nitrogens with zero attached hydrogens (tertiary/aromatic N) is 3. The van der Waals surface area contributed by atoms with E-state index >= 15 is 0 Å². The van der Waals surface area contributed by atoms with Gasteiger partial charge >= 0.3 is 0 Å². The molecule has 1 atom stereocenters. The molecule has 1 fully saturated rings. The van der Waals surface area contributed by atoms with Crippen LogP contribution in [-0.4, -0.2) is 59.4 Å². The molecule has 0 radical (unpaired) electrons. The minimum Gasteiger partial charge on any atom is -0.326 e. The Kier molecular flexibility index (Phi) is 6.25. The van der Waals surface area contributed by atoms with Crippen molar-refractivity contribution in [3.8, 4) is 0 Å². The molecule has 1 aromatic heterocycles. The molecule has 2 rings (SSSR count). The second-order valence-electron chi connectivity index (χ2n) is 5.42. The molecule has 1 unspecified atom stereocenters. The fourth-order valence-electron chi connectivity index (χ4n) is 2.35. The molecule has 1 aliphatic heterocycles. The van der Waals surface area contributed by atoms with Crippen LogP contribution >= 0.6 is 11.8 Å². The van der Waals surface area contributed by atoms with E-state index in [-0.39, 0.29) is 6.04 Å². The number of hydrazine groups is 1. The van der Waals surface area contributed by atoms with Gasteiger partial charge in [0.05, 0.1) is 0 Å². The first kappa shape index (κ1) is 15.7. The third-order valence-corrected chi connectivity index (χ3v) is 4.66. The van der Waals surface area contributed by atoms with E-state index in [4.69, 9.17) is 11.6 Å². The number of hydrogen-bond donors (Lipinski definition) is 2. The first-order valence-corrected chi connectivity index (χ1v) is 8.26. The van der Waals surface area contributed by atoms with Gasteiger partial charge in [0.2, 0.25) is 0 Å². The maximum absolute atomic E-state index is 6.21. The SMILES string of the molecule is Cc1cc(CSCC(N)CN2CCN(N)CC2)ccn1. The van der Waals surface area contributed by atoms with Gasteiger partial charge in [0.15, 0.2) is 0 Å². The lowest BCUT2D eigenvalue weighted by atomic mass is 10.2. The Morgan fingerprint density at radius 2 is 2.10 bits per heavy atom. The molecule has 0 saturated carbocycles. The molecule has 1 aliphatic rings. The van der Waals surface area contributed by atoms with Gasteiger partial charge in [-0.2, -0.15) is 11.8 Å². The highest BCUT2D eigenvalue weighted by atomic mass is 32.2. The molecule has 2 heterocycles. The number of piperazine rings is 1. The maximum Gasteiger partial charge on any atom is 0.0375 e. The highest BCUT2D eigenvalue weighted by molar-refractivity contribution is 7.98. The number of thioether (sulfide) groups is 1. The molecule has 0 aliphatic carbocycles. The molecule has 4 N–H and O–H groups in total. The number of hydrogen-bond acceptors (Lipinski definition) is 6. The van der Waals surface area contributed by atoms with Gasteiger partial charge in [-0.15, -0.1) is 0 Å². The standard InChI is InChI=1S/C14H25N5S/c1-12-8-13(2-3-17-12)10-20-11-14(15)9-18-4-6-19(16)7-5-18/h2-3,8,14H,4-7,9-11,15-16H2,1H3. The van der Waals surface area contributed by atoms with Crippen LogP contribution in [-0.2, 0) is 5.75 Å². The Labute approximate surface area is 125 Å². The third-order valence-electron chi connectivity index (χ3n) is 3.46. The Morgan fingerprint density at radius 1 is 1.35 bits per heavy atom. The van der Waals surface area contributed by atoms with E-state index in [0.29, 0.717) is 0 Å². The minimum absolute atomic E-state index is 0.229. The zero-order chi connectivity index (χ0) is 14.4. The molecular weight excluding hydrogens is 270 g/mol. The molecule has 5 nitrogen and oxygen atoms in total. The zero-order valence-corrected chi connectivity index (χ0v) is 13.0. The fourth-order valence-corrected chi connectivity index (χ4v) is 3.29. The lowest BCUT2D eigenvalue weighted by Crippen LogP contribution is -2.52. The summed E-state index contributed by atoms with van der Waals surface area (Å²) in [5.41, 5.74) is 8.61. The van der Waals surface area contributed by atoms with Crippen molar-refractivity contribution in [1.82, 2.24) is 14.9 Å². The Balaban J connectivity index is 1.64. The summed E-state index contributed by atoms with van der Waals surface area (Å²) in [6.07, 6.45) is 1.87. The van der Waals surface area contributed by atoms with E-state index in [1.54, 1.807) is 0 Å². The van der Waals surface area contributed by atoms with E-state index < -0.39 is 0 Å². The fraction of sp³-hybridized carbons (Fsp3) is 0.643. The molecule has 1 aromatic rings. The first-order valence-electron chi connectivity index (χ1n) is 7.10. The zero-order valence-electron chi connectivity index (χ0n) is 12.2. The predicted molar refractivity (Wildman–Crippen MR) is 85.3 cm³/mol. The predicted octanol–water partition coefficient (Wildman–Crippen LogP) is 0.442. The highest BCUT2D eigenvalue weighted by Crippen LogP contribution is 2.13. The molecular formula is C14H25N5S. The summed E-state index contributed by atoms with van der Waals surface area (Å²) < 4.78 is 0. The Hall–Kier alpha value is -0.660. The van der Waals surface area contributed by atoms with Gasteiger partial charge in [0.25, 0.3) is 0 Å². The van der Waals surface area contributed by atoms with E-state index in [2.05, 4.69) is 22.0 Å². The monoisotopic (exact) mass is 295 g/mol. The second-order valence-corrected chi connectivity index (χ2v) is 6.45. The van der Waals surface area contributed by atoms with Crippen molar-refractivity contribution in [1.29, 1.82) is 0 Å². The highest BCUT2D eigenvalue weighted by Gasteiger charge is 2.16. The van der Waals surface area contributed by atoms with Crippen LogP contribution in [0.1, 0.15) is 11.3 Å². The van der Waals surface area contributed by atoms with E-state index in [1.807, 2.05) is 29.9 Å². The average molecular weight is 295 g/mol. The largest absolute Gasteiger partial charge is 0.326 e. The normalized spacial score (nSPS) is 19.1. The van der Waals surface area contributed by atoms with Crippen LogP contribution in [0.5, 0.6) is 0 Å². The molecule has 6 heteroatoms. The summed E-state index contributed by atoms with van der Waals surface area (Å²) in [6.45, 7) is 6.93. The molecule has 1 saturated heterocycles. The van der Waals surface area contributed by atoms with Gasteiger partial charge in [-0.05, 0) is 24.6 Å². The van der Waals surface area contributed by atoms with Gasteiger partial charge in [0, 0.05) is 62.2 Å². The van der Waals surface area contributed by atoms with Gasteiger partial charge in [0.1, 0.15) is 0 Å². The number of nitrogens with two attached hydrogens (primary N) is 2. The maximum atomic E-state index is 6.21. The Morgan fingerprint density at radius 3 is 2.80 bits per heavy atom. The van der Waals surface area contributed by atoms with Gasteiger partial charge in [-0.25, -0.2) is 5.01 Å². The summed E-state index contributed by atoms with van der Waals surface area (Å²) in [5.74, 6) is 7.75. The average Bonchev–Trinajstić information content (AvgIpc) is 2.41. The number of aryl methyl sites for hydroxylation is 1. The van der Waals surface area contributed by atoms with Crippen LogP contribution in [0.2, 0.25) is 0 Å². The van der Waals surface area contributed by atoms with E-state index in [1.165, 1.54) is 5.56 Å². The molecule has 0 aromatic carbocycles. The summed E-state index contributed by atoms with van der Waals surface area (Å²) in [6, 6.07) is 4.44. The third kappa shape index (κ3) is 5.38. The van der Waals surface area contributed by atoms with Crippen LogP contribution in [0.3, 0.4) is 0 Å². The van der Waals surface area contributed by atoms with Gasteiger partial charge in [-0.3, -0.25) is 15.7 Å². The van der Waals surface area contributed by atoms with Crippen LogP contribution in [0.4, 0.5) is 0 Å². The number of pyridine rings is 1. The van der Waals surface area contributed by atoms with Crippen molar-refractivity contribution >= 4 is 11.8 Å². The minimum atomic E-state index is 0.229. The number of rotatable bonds is 6. The topological polar surface area (TPSA) is 71.4 Å². The lowest BCUT2D eigenvalue weighted by Gasteiger charge is -2.33. The van der Waals surface area contributed by atoms with E-state index in [0.717, 1.165) is 49.9 Å². The van der Waals surface area contributed by atoms with Crippen molar-refractivity contribution in [2.45, 2.75) is 18.7 Å². The van der Waals surface area contributed by atoms with Crippen molar-refractivity contribution in [3.05, 3.63) is 29.6 Å². The molecule has 0 bridgehead atoms. The van der Waals surface area contributed by atoms with Crippen LogP contribution in [0.15, 0.2) is 18.3 Å². The van der Waals surface area contributed by atoms with Crippen molar-refractivity contribution in [2.75, 3.05) is 38.5 Å². The molecule has 0 amide bonds. The van der Waals surface area contributed by atoms with Crippen LogP contribution < -0.4 is 11.6 Å². The van der Waals surface area contributed by atoms with Crippen molar-refractivity contribution < 1.29 is 0 Å². The van der Waals surface area contributed by atoms with Gasteiger partial charge in [-0.1, -0.05) is 0 Å². The van der Waals surface area contributed by atoms with Gasteiger partial charge < -0.3 is 5.73 Å². The summed E-state index contributed by atoms with van der Waals surface area (Å²) in [4.78, 5) is 6.62. The molecule has 112 valence electrons. The summed E-state index contributed by atoms with van der Waals surface area (Å²) in [7, 11) is 0. The van der Waals surface area contributed by atoms with Crippen molar-refractivity contribution in [2.24, 2.45) is 11.6 Å². The molecule has 0 spiro atoms. The lowest BCUT2D eigenvalue weighted by molar-refractivity contribution is 0.130.